The lowest BCUT2D eigenvalue weighted by Crippen LogP contribution is -2.29. The van der Waals surface area contributed by atoms with E-state index < -0.39 is 0 Å². The molecule has 0 aliphatic heterocycles. The first-order chi connectivity index (χ1) is 9.04. The Balaban J connectivity index is 2.42. The molecule has 0 atom stereocenters. The van der Waals surface area contributed by atoms with E-state index in [2.05, 4.69) is 34.7 Å². The van der Waals surface area contributed by atoms with Gasteiger partial charge in [0.2, 0.25) is 0 Å². The van der Waals surface area contributed by atoms with Crippen molar-refractivity contribution >= 4 is 21.8 Å². The molecule has 0 aliphatic carbocycles. The zero-order chi connectivity index (χ0) is 14.3. The number of hydrogen-bond acceptors (Lipinski definition) is 2. The molecule has 1 heterocycles. The minimum absolute atomic E-state index is 0.0712. The van der Waals surface area contributed by atoms with Crippen molar-refractivity contribution in [1.82, 2.24) is 9.88 Å². The number of ether oxygens (including phenoxy) is 1. The van der Waals surface area contributed by atoms with Crippen LogP contribution in [0.3, 0.4) is 0 Å². The van der Waals surface area contributed by atoms with Gasteiger partial charge in [-0.15, -0.1) is 0 Å². The van der Waals surface area contributed by atoms with Crippen LogP contribution in [0.1, 0.15) is 30.8 Å². The number of aryl methyl sites for hydroxylation is 1. The Morgan fingerprint density at radius 3 is 2.95 bits per heavy atom. The Labute approximate surface area is 123 Å². The van der Waals surface area contributed by atoms with Crippen LogP contribution in [0.2, 0.25) is 0 Å². The monoisotopic (exact) mass is 328 g/mol. The van der Waals surface area contributed by atoms with Gasteiger partial charge in [-0.1, -0.05) is 19.1 Å². The highest BCUT2D eigenvalue weighted by Gasteiger charge is 2.11. The van der Waals surface area contributed by atoms with Gasteiger partial charge < -0.3 is 14.6 Å². The van der Waals surface area contributed by atoms with Crippen LogP contribution in [0.4, 0.5) is 0 Å². The molecule has 0 saturated heterocycles. The summed E-state index contributed by atoms with van der Waals surface area (Å²) in [5.41, 5.74) is 1.65. The molecule has 1 amide bonds. The van der Waals surface area contributed by atoms with Crippen molar-refractivity contribution in [2.24, 2.45) is 0 Å². The summed E-state index contributed by atoms with van der Waals surface area (Å²) in [6, 6.07) is 1.83. The van der Waals surface area contributed by atoms with Crippen molar-refractivity contribution in [3.05, 3.63) is 34.6 Å². The molecule has 0 aromatic carbocycles. The van der Waals surface area contributed by atoms with Crippen LogP contribution < -0.4 is 5.32 Å². The number of amides is 1. The quantitative estimate of drug-likeness (QED) is 0.589. The summed E-state index contributed by atoms with van der Waals surface area (Å²) in [6.07, 6.45) is 2.92. The van der Waals surface area contributed by atoms with Gasteiger partial charge in [0.05, 0.1) is 13.2 Å². The third-order valence-electron chi connectivity index (χ3n) is 2.44. The first kappa shape index (κ1) is 16.0. The Kier molecular flexibility index (Phi) is 6.87. The van der Waals surface area contributed by atoms with Gasteiger partial charge in [0.15, 0.2) is 0 Å². The second-order valence-electron chi connectivity index (χ2n) is 4.50. The van der Waals surface area contributed by atoms with Crippen molar-refractivity contribution in [2.45, 2.75) is 26.8 Å². The minimum Gasteiger partial charge on any atom is -0.375 e. The number of nitrogens with one attached hydrogen (secondary N) is 1. The van der Waals surface area contributed by atoms with E-state index in [1.165, 1.54) is 0 Å². The molecule has 0 radical (unpaired) electrons. The minimum atomic E-state index is -0.0712. The van der Waals surface area contributed by atoms with Gasteiger partial charge in [-0.25, -0.2) is 0 Å². The SMILES string of the molecule is C=C(C)COCCNC(=O)c1cc(Br)cn1CCC. The molecular formula is C14H21BrN2O2. The van der Waals surface area contributed by atoms with Gasteiger partial charge in [-0.2, -0.15) is 0 Å². The lowest BCUT2D eigenvalue weighted by Gasteiger charge is -2.09. The summed E-state index contributed by atoms with van der Waals surface area (Å²) in [5, 5.41) is 2.85. The van der Waals surface area contributed by atoms with Gasteiger partial charge in [0, 0.05) is 23.8 Å². The Morgan fingerprint density at radius 2 is 2.32 bits per heavy atom. The van der Waals surface area contributed by atoms with Crippen molar-refractivity contribution in [3.63, 3.8) is 0 Å². The van der Waals surface area contributed by atoms with Gasteiger partial charge >= 0.3 is 0 Å². The standard InChI is InChI=1S/C14H21BrN2O2/c1-4-6-17-9-12(15)8-13(17)14(18)16-5-7-19-10-11(2)3/h8-9H,2,4-7,10H2,1,3H3,(H,16,18). The number of hydrogen-bond donors (Lipinski definition) is 1. The number of rotatable bonds is 8. The number of carbonyl (C=O) groups excluding carboxylic acids is 1. The number of aromatic nitrogens is 1. The predicted molar refractivity (Wildman–Crippen MR) is 80.4 cm³/mol. The fourth-order valence-corrected chi connectivity index (χ4v) is 2.13. The lowest BCUT2D eigenvalue weighted by molar-refractivity contribution is 0.0917. The van der Waals surface area contributed by atoms with Gasteiger partial charge in [0.25, 0.3) is 5.91 Å². The molecule has 0 spiro atoms. The summed E-state index contributed by atoms with van der Waals surface area (Å²) in [6.45, 7) is 10.1. The maximum absolute atomic E-state index is 12.0. The highest BCUT2D eigenvalue weighted by atomic mass is 79.9. The van der Waals surface area contributed by atoms with E-state index in [1.807, 2.05) is 23.8 Å². The molecule has 0 unspecified atom stereocenters. The molecule has 4 nitrogen and oxygen atoms in total. The van der Waals surface area contributed by atoms with Crippen LogP contribution in [0.15, 0.2) is 28.9 Å². The second kappa shape index (κ2) is 8.17. The van der Waals surface area contributed by atoms with Crippen LogP contribution in [0, 0.1) is 0 Å². The second-order valence-corrected chi connectivity index (χ2v) is 5.42. The molecule has 0 bridgehead atoms. The van der Waals surface area contributed by atoms with Crippen molar-refractivity contribution in [2.75, 3.05) is 19.8 Å². The molecular weight excluding hydrogens is 308 g/mol. The van der Waals surface area contributed by atoms with E-state index in [4.69, 9.17) is 4.74 Å². The van der Waals surface area contributed by atoms with E-state index in [1.54, 1.807) is 0 Å². The Morgan fingerprint density at radius 1 is 1.58 bits per heavy atom. The average molecular weight is 329 g/mol. The summed E-state index contributed by atoms with van der Waals surface area (Å²) in [5.74, 6) is -0.0712. The van der Waals surface area contributed by atoms with Crippen LogP contribution >= 0.6 is 15.9 Å². The maximum atomic E-state index is 12.0. The summed E-state index contributed by atoms with van der Waals surface area (Å²) < 4.78 is 8.21. The van der Waals surface area contributed by atoms with Crippen LogP contribution in [0.5, 0.6) is 0 Å². The fourth-order valence-electron chi connectivity index (χ4n) is 1.66. The highest BCUT2D eigenvalue weighted by molar-refractivity contribution is 9.10. The third kappa shape index (κ3) is 5.61. The van der Waals surface area contributed by atoms with Crippen molar-refractivity contribution in [3.8, 4) is 0 Å². The van der Waals surface area contributed by atoms with Gasteiger partial charge in [-0.05, 0) is 35.3 Å². The molecule has 19 heavy (non-hydrogen) atoms. The molecule has 1 rings (SSSR count). The smallest absolute Gasteiger partial charge is 0.268 e. The van der Waals surface area contributed by atoms with E-state index >= 15 is 0 Å². The molecule has 5 heteroatoms. The van der Waals surface area contributed by atoms with E-state index in [0.29, 0.717) is 25.5 Å². The molecule has 1 aromatic heterocycles. The third-order valence-corrected chi connectivity index (χ3v) is 2.87. The first-order valence-electron chi connectivity index (χ1n) is 6.40. The summed E-state index contributed by atoms with van der Waals surface area (Å²) in [4.78, 5) is 12.0. The molecule has 0 saturated carbocycles. The predicted octanol–water partition coefficient (Wildman–Crippen LogP) is 2.98. The fraction of sp³-hybridized carbons (Fsp3) is 0.500. The van der Waals surface area contributed by atoms with E-state index in [0.717, 1.165) is 23.0 Å². The molecule has 1 aromatic rings. The van der Waals surface area contributed by atoms with Crippen LogP contribution in [-0.2, 0) is 11.3 Å². The molecule has 0 fully saturated rings. The van der Waals surface area contributed by atoms with E-state index in [-0.39, 0.29) is 5.91 Å². The Bertz CT molecular complexity index is 441. The zero-order valence-corrected chi connectivity index (χ0v) is 13.1. The summed E-state index contributed by atoms with van der Waals surface area (Å²) in [7, 11) is 0. The average Bonchev–Trinajstić information content (AvgIpc) is 2.70. The topological polar surface area (TPSA) is 43.3 Å². The largest absolute Gasteiger partial charge is 0.375 e. The Hall–Kier alpha value is -1.07. The molecule has 0 aliphatic rings. The van der Waals surface area contributed by atoms with Gasteiger partial charge in [-0.3, -0.25) is 4.79 Å². The first-order valence-corrected chi connectivity index (χ1v) is 7.20. The van der Waals surface area contributed by atoms with Crippen LogP contribution in [0.25, 0.3) is 0 Å². The number of nitrogens with zero attached hydrogens (tertiary/aromatic N) is 1. The summed E-state index contributed by atoms with van der Waals surface area (Å²) >= 11 is 3.40. The zero-order valence-electron chi connectivity index (χ0n) is 11.5. The normalized spacial score (nSPS) is 10.5. The van der Waals surface area contributed by atoms with Gasteiger partial charge in [0.1, 0.15) is 5.69 Å². The van der Waals surface area contributed by atoms with Crippen LogP contribution in [-0.4, -0.2) is 30.2 Å². The number of halogens is 1. The maximum Gasteiger partial charge on any atom is 0.268 e. The van der Waals surface area contributed by atoms with Crippen molar-refractivity contribution in [1.29, 1.82) is 0 Å². The van der Waals surface area contributed by atoms with Crippen molar-refractivity contribution < 1.29 is 9.53 Å². The molecule has 1 N–H and O–H groups in total. The van der Waals surface area contributed by atoms with E-state index in [9.17, 15) is 4.79 Å². The highest BCUT2D eigenvalue weighted by Crippen LogP contribution is 2.15. The molecule has 106 valence electrons. The number of carbonyl (C=O) groups is 1. The lowest BCUT2D eigenvalue weighted by atomic mass is 10.3.